The van der Waals surface area contributed by atoms with E-state index in [2.05, 4.69) is 5.32 Å². The maximum Gasteiger partial charge on any atom is 0.239 e. The van der Waals surface area contributed by atoms with Crippen LogP contribution in [0.2, 0.25) is 0 Å². The Morgan fingerprint density at radius 1 is 1.18 bits per heavy atom. The molecule has 1 N–H and O–H groups in total. The van der Waals surface area contributed by atoms with E-state index in [9.17, 15) is 18.0 Å². The van der Waals surface area contributed by atoms with Crippen molar-refractivity contribution in [3.63, 3.8) is 0 Å². The van der Waals surface area contributed by atoms with Gasteiger partial charge in [0.25, 0.3) is 0 Å². The summed E-state index contributed by atoms with van der Waals surface area (Å²) in [5.41, 5.74) is 0.758. The van der Waals surface area contributed by atoms with Gasteiger partial charge in [0.05, 0.1) is 12.3 Å². The van der Waals surface area contributed by atoms with Crippen LogP contribution in [0.3, 0.4) is 0 Å². The molecule has 1 aromatic carbocycles. The van der Waals surface area contributed by atoms with Crippen LogP contribution >= 0.6 is 0 Å². The number of nitrogens with zero attached hydrogens (tertiary/aromatic N) is 2. The summed E-state index contributed by atoms with van der Waals surface area (Å²) in [5.74, 6) is -0.507. The monoisotopic (exact) mass is 409 g/mol. The van der Waals surface area contributed by atoms with E-state index in [1.54, 1.807) is 17.0 Å². The lowest BCUT2D eigenvalue weighted by molar-refractivity contribution is -0.140. The lowest BCUT2D eigenvalue weighted by Crippen LogP contribution is -2.47. The topological polar surface area (TPSA) is 86.8 Å². The molecule has 1 aliphatic rings. The van der Waals surface area contributed by atoms with Crippen molar-refractivity contribution in [1.29, 1.82) is 0 Å². The Morgan fingerprint density at radius 2 is 1.79 bits per heavy atom. The molecule has 0 unspecified atom stereocenters. The van der Waals surface area contributed by atoms with Crippen molar-refractivity contribution < 1.29 is 18.0 Å². The molecule has 2 amide bonds. The minimum atomic E-state index is -3.40. The average Bonchev–Trinajstić information content (AvgIpc) is 2.65. The fraction of sp³-hybridized carbons (Fsp3) is 0.600. The quantitative estimate of drug-likeness (QED) is 0.707. The summed E-state index contributed by atoms with van der Waals surface area (Å²) in [6.45, 7) is 6.77. The average molecular weight is 410 g/mol. The van der Waals surface area contributed by atoms with Gasteiger partial charge in [-0.2, -0.15) is 0 Å². The Kier molecular flexibility index (Phi) is 8.00. The van der Waals surface area contributed by atoms with Crippen molar-refractivity contribution in [2.45, 2.75) is 45.4 Å². The van der Waals surface area contributed by atoms with Crippen molar-refractivity contribution in [1.82, 2.24) is 14.5 Å². The SMILES string of the molecule is CCN(CC(=O)NC(C)C)C(=O)C1CCN(S(=O)(=O)Cc2ccccc2)CC1. The minimum absolute atomic E-state index is 0.0249. The summed E-state index contributed by atoms with van der Waals surface area (Å²) in [5, 5.41) is 2.80. The van der Waals surface area contributed by atoms with Crippen molar-refractivity contribution in [2.75, 3.05) is 26.2 Å². The number of piperidine rings is 1. The van der Waals surface area contributed by atoms with Crippen LogP contribution in [0.4, 0.5) is 0 Å². The number of hydrogen-bond donors (Lipinski definition) is 1. The number of carbonyl (C=O) groups excluding carboxylic acids is 2. The zero-order valence-electron chi connectivity index (χ0n) is 16.9. The van der Waals surface area contributed by atoms with Gasteiger partial charge in [-0.3, -0.25) is 9.59 Å². The van der Waals surface area contributed by atoms with Crippen LogP contribution in [0.25, 0.3) is 0 Å². The molecule has 1 aromatic rings. The van der Waals surface area contributed by atoms with E-state index in [0.29, 0.717) is 32.5 Å². The second-order valence-corrected chi connectivity index (χ2v) is 9.46. The lowest BCUT2D eigenvalue weighted by Gasteiger charge is -2.33. The van der Waals surface area contributed by atoms with Crippen LogP contribution in [-0.2, 0) is 25.4 Å². The Labute approximate surface area is 168 Å². The molecule has 156 valence electrons. The zero-order valence-corrected chi connectivity index (χ0v) is 17.7. The summed E-state index contributed by atoms with van der Waals surface area (Å²) >= 11 is 0. The smallest absolute Gasteiger partial charge is 0.239 e. The maximum absolute atomic E-state index is 12.8. The van der Waals surface area contributed by atoms with E-state index in [1.807, 2.05) is 39.0 Å². The van der Waals surface area contributed by atoms with Crippen LogP contribution in [0, 0.1) is 5.92 Å². The predicted octanol–water partition coefficient (Wildman–Crippen LogP) is 1.60. The van der Waals surface area contributed by atoms with Crippen LogP contribution in [0.1, 0.15) is 39.2 Å². The van der Waals surface area contributed by atoms with Crippen LogP contribution in [0.5, 0.6) is 0 Å². The molecule has 8 heteroatoms. The third-order valence-electron chi connectivity index (χ3n) is 4.87. The molecule has 0 bridgehead atoms. The molecule has 0 spiro atoms. The van der Waals surface area contributed by atoms with Crippen molar-refractivity contribution in [2.24, 2.45) is 5.92 Å². The first-order valence-corrected chi connectivity index (χ1v) is 11.4. The number of benzene rings is 1. The molecule has 0 aliphatic carbocycles. The lowest BCUT2D eigenvalue weighted by atomic mass is 9.96. The predicted molar refractivity (Wildman–Crippen MR) is 109 cm³/mol. The third-order valence-corrected chi connectivity index (χ3v) is 6.72. The number of carbonyl (C=O) groups is 2. The second-order valence-electron chi connectivity index (χ2n) is 7.49. The first kappa shape index (κ1) is 22.4. The highest BCUT2D eigenvalue weighted by molar-refractivity contribution is 7.88. The molecule has 28 heavy (non-hydrogen) atoms. The molecule has 1 heterocycles. The third kappa shape index (κ3) is 6.31. The van der Waals surface area contributed by atoms with E-state index in [-0.39, 0.29) is 36.1 Å². The Hall–Kier alpha value is -1.93. The highest BCUT2D eigenvalue weighted by atomic mass is 32.2. The van der Waals surface area contributed by atoms with E-state index in [4.69, 9.17) is 0 Å². The second kappa shape index (κ2) is 10.0. The number of amides is 2. The first-order valence-electron chi connectivity index (χ1n) is 9.82. The molecule has 1 fully saturated rings. The molecule has 2 rings (SSSR count). The highest BCUT2D eigenvalue weighted by Gasteiger charge is 2.33. The van der Waals surface area contributed by atoms with E-state index < -0.39 is 10.0 Å². The normalized spacial score (nSPS) is 16.1. The fourth-order valence-corrected chi connectivity index (χ4v) is 4.97. The molecule has 0 saturated carbocycles. The number of likely N-dealkylation sites (N-methyl/N-ethyl adjacent to an activating group) is 1. The van der Waals surface area contributed by atoms with Crippen molar-refractivity contribution in [3.05, 3.63) is 35.9 Å². The van der Waals surface area contributed by atoms with Crippen molar-refractivity contribution >= 4 is 21.8 Å². The van der Waals surface area contributed by atoms with Gasteiger partial charge in [-0.25, -0.2) is 12.7 Å². The summed E-state index contributed by atoms with van der Waals surface area (Å²) in [6, 6.07) is 9.13. The molecular formula is C20H31N3O4S. The van der Waals surface area contributed by atoms with Crippen LogP contribution < -0.4 is 5.32 Å². The molecule has 0 radical (unpaired) electrons. The number of nitrogens with one attached hydrogen (secondary N) is 1. The van der Waals surface area contributed by atoms with Crippen molar-refractivity contribution in [3.8, 4) is 0 Å². The largest absolute Gasteiger partial charge is 0.352 e. The molecule has 0 aromatic heterocycles. The fourth-order valence-electron chi connectivity index (χ4n) is 3.40. The minimum Gasteiger partial charge on any atom is -0.352 e. The molecule has 7 nitrogen and oxygen atoms in total. The van der Waals surface area contributed by atoms with Gasteiger partial charge in [0, 0.05) is 31.6 Å². The highest BCUT2D eigenvalue weighted by Crippen LogP contribution is 2.23. The van der Waals surface area contributed by atoms with Gasteiger partial charge in [0.1, 0.15) is 0 Å². The summed E-state index contributed by atoms with van der Waals surface area (Å²) in [6.07, 6.45) is 0.963. The molecule has 1 aliphatic heterocycles. The first-order chi connectivity index (χ1) is 13.2. The van der Waals surface area contributed by atoms with Gasteiger partial charge in [0.15, 0.2) is 0 Å². The van der Waals surface area contributed by atoms with Crippen LogP contribution in [0.15, 0.2) is 30.3 Å². The Morgan fingerprint density at radius 3 is 2.32 bits per heavy atom. The van der Waals surface area contributed by atoms with Gasteiger partial charge in [-0.05, 0) is 39.2 Å². The van der Waals surface area contributed by atoms with Gasteiger partial charge < -0.3 is 10.2 Å². The number of sulfonamides is 1. The summed E-state index contributed by atoms with van der Waals surface area (Å²) in [7, 11) is -3.40. The van der Waals surface area contributed by atoms with Crippen LogP contribution in [-0.4, -0.2) is 61.7 Å². The maximum atomic E-state index is 12.8. The van der Waals surface area contributed by atoms with Gasteiger partial charge in [-0.15, -0.1) is 0 Å². The van der Waals surface area contributed by atoms with E-state index >= 15 is 0 Å². The Bertz CT molecular complexity index is 757. The van der Waals surface area contributed by atoms with Gasteiger partial charge in [-0.1, -0.05) is 30.3 Å². The van der Waals surface area contributed by atoms with Gasteiger partial charge >= 0.3 is 0 Å². The standard InChI is InChI=1S/C20H31N3O4S/c1-4-22(14-19(24)21-16(2)3)20(25)18-10-12-23(13-11-18)28(26,27)15-17-8-6-5-7-9-17/h5-9,16,18H,4,10-15H2,1-3H3,(H,21,24). The summed E-state index contributed by atoms with van der Waals surface area (Å²) in [4.78, 5) is 26.3. The van der Waals surface area contributed by atoms with E-state index in [0.717, 1.165) is 5.56 Å². The zero-order chi connectivity index (χ0) is 20.7. The number of hydrogen-bond acceptors (Lipinski definition) is 4. The summed E-state index contributed by atoms with van der Waals surface area (Å²) < 4.78 is 26.8. The Balaban J connectivity index is 1.91. The van der Waals surface area contributed by atoms with Gasteiger partial charge in [0.2, 0.25) is 21.8 Å². The molecular weight excluding hydrogens is 378 g/mol. The molecule has 0 atom stereocenters. The van der Waals surface area contributed by atoms with E-state index in [1.165, 1.54) is 4.31 Å². The molecule has 1 saturated heterocycles. The number of rotatable bonds is 8.